The van der Waals surface area contributed by atoms with Gasteiger partial charge in [0.2, 0.25) is 6.79 Å². The molecule has 3 aromatic rings. The van der Waals surface area contributed by atoms with Gasteiger partial charge in [-0.1, -0.05) is 48.0 Å². The second-order valence-electron chi connectivity index (χ2n) is 8.27. The number of carbonyl (C=O) groups excluding carboxylic acids is 2. The molecule has 0 saturated carbocycles. The number of rotatable bonds is 5. The summed E-state index contributed by atoms with van der Waals surface area (Å²) in [6.45, 7) is 2.39. The van der Waals surface area contributed by atoms with Crippen molar-refractivity contribution in [2.24, 2.45) is 0 Å². The van der Waals surface area contributed by atoms with Crippen LogP contribution in [0.25, 0.3) is 5.57 Å². The highest BCUT2D eigenvalue weighted by molar-refractivity contribution is 6.05. The summed E-state index contributed by atoms with van der Waals surface area (Å²) >= 11 is 0. The third-order valence-electron chi connectivity index (χ3n) is 6.10. The van der Waals surface area contributed by atoms with Gasteiger partial charge >= 0.3 is 5.97 Å². The molecule has 0 aliphatic carbocycles. The Kier molecular flexibility index (Phi) is 5.45. The van der Waals surface area contributed by atoms with E-state index in [0.717, 1.165) is 22.3 Å². The van der Waals surface area contributed by atoms with Crippen LogP contribution in [-0.4, -0.2) is 35.8 Å². The number of esters is 1. The van der Waals surface area contributed by atoms with E-state index < -0.39 is 17.9 Å². The number of hydrogen-bond donors (Lipinski definition) is 1. The molecule has 1 N–H and O–H groups in total. The topological polar surface area (TPSA) is 85.3 Å². The molecule has 2 heterocycles. The molecule has 2 aliphatic rings. The third kappa shape index (κ3) is 3.75. The van der Waals surface area contributed by atoms with E-state index in [0.29, 0.717) is 22.6 Å². The van der Waals surface area contributed by atoms with Crippen LogP contribution in [-0.2, 0) is 16.1 Å². The molecule has 0 radical (unpaired) electrons. The predicted molar refractivity (Wildman–Crippen MR) is 124 cm³/mol. The Morgan fingerprint density at radius 1 is 1.03 bits per heavy atom. The second-order valence-corrected chi connectivity index (χ2v) is 8.27. The fourth-order valence-corrected chi connectivity index (χ4v) is 4.35. The highest BCUT2D eigenvalue weighted by Crippen LogP contribution is 2.44. The number of nitrogens with zero attached hydrogens (tertiary/aromatic N) is 1. The number of aryl methyl sites for hydroxylation is 1. The summed E-state index contributed by atoms with van der Waals surface area (Å²) in [5.41, 5.74) is 4.36. The molecular weight excluding hydrogens is 434 g/mol. The quantitative estimate of drug-likeness (QED) is 0.566. The fourth-order valence-electron chi connectivity index (χ4n) is 4.35. The molecule has 2 aliphatic heterocycles. The van der Waals surface area contributed by atoms with E-state index in [1.165, 1.54) is 7.11 Å². The van der Waals surface area contributed by atoms with Crippen LogP contribution in [0.15, 0.2) is 72.5 Å². The summed E-state index contributed by atoms with van der Waals surface area (Å²) in [6.07, 6.45) is 0. The lowest BCUT2D eigenvalue weighted by atomic mass is 9.92. The molecule has 0 spiro atoms. The lowest BCUT2D eigenvalue weighted by Gasteiger charge is -2.28. The summed E-state index contributed by atoms with van der Waals surface area (Å²) in [5.74, 6) is 0.0946. The molecule has 34 heavy (non-hydrogen) atoms. The number of hydrogen-bond acceptors (Lipinski definition) is 6. The first-order valence-corrected chi connectivity index (χ1v) is 10.8. The molecule has 0 fully saturated rings. The Morgan fingerprint density at radius 2 is 1.74 bits per heavy atom. The predicted octanol–water partition coefficient (Wildman–Crippen LogP) is 4.56. The minimum Gasteiger partial charge on any atom is -0.503 e. The summed E-state index contributed by atoms with van der Waals surface area (Å²) in [5, 5.41) is 11.0. The van der Waals surface area contributed by atoms with Gasteiger partial charge in [-0.05, 0) is 47.9 Å². The molecule has 7 heteroatoms. The summed E-state index contributed by atoms with van der Waals surface area (Å²) in [7, 11) is 1.33. The number of fused-ring (bicyclic) bond motifs is 1. The number of methoxy groups -OCH3 is 1. The average molecular weight is 457 g/mol. The molecule has 0 unspecified atom stereocenters. The van der Waals surface area contributed by atoms with Crippen LogP contribution < -0.4 is 9.47 Å². The molecule has 0 bridgehead atoms. The van der Waals surface area contributed by atoms with Crippen molar-refractivity contribution < 1.29 is 28.9 Å². The number of carbonyl (C=O) groups is 2. The maximum Gasteiger partial charge on any atom is 0.337 e. The zero-order valence-electron chi connectivity index (χ0n) is 18.8. The molecule has 1 atom stereocenters. The van der Waals surface area contributed by atoms with Crippen molar-refractivity contribution in [2.75, 3.05) is 13.9 Å². The number of aliphatic hydroxyl groups is 1. The zero-order valence-corrected chi connectivity index (χ0v) is 18.8. The number of amides is 1. The van der Waals surface area contributed by atoms with E-state index in [9.17, 15) is 14.7 Å². The van der Waals surface area contributed by atoms with Gasteiger partial charge in [-0.2, -0.15) is 0 Å². The van der Waals surface area contributed by atoms with Crippen LogP contribution in [0.4, 0.5) is 0 Å². The number of benzene rings is 3. The van der Waals surface area contributed by atoms with Crippen LogP contribution in [0.2, 0.25) is 0 Å². The molecule has 0 aromatic heterocycles. The Labute approximate surface area is 196 Å². The normalized spacial score (nSPS) is 16.8. The van der Waals surface area contributed by atoms with Gasteiger partial charge in [0, 0.05) is 12.1 Å². The van der Waals surface area contributed by atoms with Gasteiger partial charge in [-0.15, -0.1) is 0 Å². The van der Waals surface area contributed by atoms with Gasteiger partial charge in [0.15, 0.2) is 17.3 Å². The summed E-state index contributed by atoms with van der Waals surface area (Å²) in [6, 6.07) is 19.5. The Balaban J connectivity index is 1.56. The van der Waals surface area contributed by atoms with Gasteiger partial charge < -0.3 is 24.2 Å². The third-order valence-corrected chi connectivity index (χ3v) is 6.10. The average Bonchev–Trinajstić information content (AvgIpc) is 3.42. The molecule has 7 nitrogen and oxygen atoms in total. The van der Waals surface area contributed by atoms with Crippen LogP contribution in [0.5, 0.6) is 11.5 Å². The fraction of sp³-hybridized carbons (Fsp3) is 0.185. The monoisotopic (exact) mass is 457 g/mol. The van der Waals surface area contributed by atoms with Crippen molar-refractivity contribution in [3.8, 4) is 11.5 Å². The lowest BCUT2D eigenvalue weighted by molar-refractivity contribution is -0.130. The van der Waals surface area contributed by atoms with Crippen molar-refractivity contribution in [1.29, 1.82) is 0 Å². The first kappa shape index (κ1) is 21.6. The minimum absolute atomic E-state index is 0.163. The van der Waals surface area contributed by atoms with E-state index in [1.807, 2.05) is 49.4 Å². The lowest BCUT2D eigenvalue weighted by Crippen LogP contribution is -2.29. The van der Waals surface area contributed by atoms with Crippen LogP contribution >= 0.6 is 0 Å². The van der Waals surface area contributed by atoms with Gasteiger partial charge in [0.25, 0.3) is 5.91 Å². The first-order chi connectivity index (χ1) is 16.5. The zero-order chi connectivity index (χ0) is 23.8. The van der Waals surface area contributed by atoms with Crippen molar-refractivity contribution in [2.45, 2.75) is 19.5 Å². The van der Waals surface area contributed by atoms with E-state index in [4.69, 9.17) is 14.2 Å². The standard InChI is InChI=1S/C27H23NO6/c1-16-3-6-18(7-4-16)23-24(19-8-10-20(11-9-19)27(31)32-2)28(26(30)25(23)29)14-17-5-12-21-22(13-17)34-15-33-21/h3-13,24,29H,14-15H2,1-2H3/t24-/m1/s1. The van der Waals surface area contributed by atoms with Crippen molar-refractivity contribution in [1.82, 2.24) is 4.90 Å². The Bertz CT molecular complexity index is 1290. The molecular formula is C27H23NO6. The number of ether oxygens (including phenoxy) is 3. The largest absolute Gasteiger partial charge is 0.503 e. The highest BCUT2D eigenvalue weighted by Gasteiger charge is 2.41. The molecule has 5 rings (SSSR count). The second kappa shape index (κ2) is 8.59. The van der Waals surface area contributed by atoms with Crippen LogP contribution in [0, 0.1) is 6.92 Å². The van der Waals surface area contributed by atoms with Crippen molar-refractivity contribution in [3.63, 3.8) is 0 Å². The van der Waals surface area contributed by atoms with E-state index in [2.05, 4.69) is 0 Å². The van der Waals surface area contributed by atoms with Crippen LogP contribution in [0.3, 0.4) is 0 Å². The SMILES string of the molecule is COC(=O)c1ccc([C@@H]2C(c3ccc(C)cc3)=C(O)C(=O)N2Cc2ccc3c(c2)OCO3)cc1. The molecule has 3 aromatic carbocycles. The molecule has 1 amide bonds. The minimum atomic E-state index is -0.549. The summed E-state index contributed by atoms with van der Waals surface area (Å²) in [4.78, 5) is 26.8. The number of aliphatic hydroxyl groups excluding tert-OH is 1. The Hall–Kier alpha value is -4.26. The van der Waals surface area contributed by atoms with Crippen molar-refractivity contribution in [3.05, 3.63) is 100 Å². The highest BCUT2D eigenvalue weighted by atomic mass is 16.7. The van der Waals surface area contributed by atoms with E-state index in [-0.39, 0.29) is 19.1 Å². The maximum absolute atomic E-state index is 13.3. The van der Waals surface area contributed by atoms with Gasteiger partial charge in [0.05, 0.1) is 18.7 Å². The first-order valence-electron chi connectivity index (χ1n) is 10.8. The van der Waals surface area contributed by atoms with Crippen molar-refractivity contribution >= 4 is 17.4 Å². The van der Waals surface area contributed by atoms with Gasteiger partial charge in [0.1, 0.15) is 0 Å². The van der Waals surface area contributed by atoms with E-state index >= 15 is 0 Å². The van der Waals surface area contributed by atoms with Gasteiger partial charge in [-0.25, -0.2) is 4.79 Å². The molecule has 0 saturated heterocycles. The maximum atomic E-state index is 13.3. The summed E-state index contributed by atoms with van der Waals surface area (Å²) < 4.78 is 15.7. The van der Waals surface area contributed by atoms with Gasteiger partial charge in [-0.3, -0.25) is 4.79 Å². The Morgan fingerprint density at radius 3 is 2.44 bits per heavy atom. The van der Waals surface area contributed by atoms with E-state index in [1.54, 1.807) is 29.2 Å². The van der Waals surface area contributed by atoms with Crippen LogP contribution in [0.1, 0.15) is 38.7 Å². The smallest absolute Gasteiger partial charge is 0.337 e. The molecule has 172 valence electrons.